The monoisotopic (exact) mass is 475 g/mol. The summed E-state index contributed by atoms with van der Waals surface area (Å²) in [4.78, 5) is 18.6. The third kappa shape index (κ3) is 5.95. The molecule has 1 saturated carbocycles. The smallest absolute Gasteiger partial charge is 0.211 e. The number of allylic oxidation sites excluding steroid dienone is 12. The highest BCUT2D eigenvalue weighted by molar-refractivity contribution is 5.97. The molecule has 0 unspecified atom stereocenters. The van der Waals surface area contributed by atoms with Gasteiger partial charge in [-0.05, 0) is 60.8 Å². The topological polar surface area (TPSA) is 80.5 Å². The average Bonchev–Trinajstić information content (AvgIpc) is 3.10. The summed E-state index contributed by atoms with van der Waals surface area (Å²) in [5.74, 6) is 1.37. The molecular formula is C27H30FN5O2. The molecule has 3 aliphatic carbocycles. The van der Waals surface area contributed by atoms with Gasteiger partial charge in [-0.3, -0.25) is 9.79 Å². The van der Waals surface area contributed by atoms with Crippen LogP contribution in [0.5, 0.6) is 0 Å². The summed E-state index contributed by atoms with van der Waals surface area (Å²) in [5, 5.41) is 5.75. The van der Waals surface area contributed by atoms with Crippen LogP contribution in [-0.4, -0.2) is 42.0 Å². The Morgan fingerprint density at radius 2 is 2.03 bits per heavy atom. The number of amidine groups is 1. The fourth-order valence-electron chi connectivity index (χ4n) is 4.21. The van der Waals surface area contributed by atoms with Gasteiger partial charge in [0.15, 0.2) is 11.6 Å². The summed E-state index contributed by atoms with van der Waals surface area (Å²) in [6, 6.07) is 0. The van der Waals surface area contributed by atoms with Crippen LogP contribution in [0.3, 0.4) is 0 Å². The van der Waals surface area contributed by atoms with Gasteiger partial charge in [0.25, 0.3) is 0 Å². The van der Waals surface area contributed by atoms with Crippen molar-refractivity contribution in [3.63, 3.8) is 0 Å². The largest absolute Gasteiger partial charge is 0.488 e. The molecule has 1 aliphatic heterocycles. The molecule has 0 aromatic carbocycles. The van der Waals surface area contributed by atoms with Gasteiger partial charge in [-0.25, -0.2) is 9.37 Å². The zero-order valence-electron chi connectivity index (χ0n) is 20.1. The van der Waals surface area contributed by atoms with Gasteiger partial charge in [-0.2, -0.15) is 0 Å². The van der Waals surface area contributed by atoms with Crippen LogP contribution in [0, 0.1) is 6.92 Å². The highest BCUT2D eigenvalue weighted by atomic mass is 19.1. The van der Waals surface area contributed by atoms with E-state index in [-0.39, 0.29) is 5.83 Å². The van der Waals surface area contributed by atoms with Crippen LogP contribution in [-0.2, 0) is 9.53 Å². The molecule has 0 spiro atoms. The van der Waals surface area contributed by atoms with Gasteiger partial charge < -0.3 is 19.9 Å². The van der Waals surface area contributed by atoms with E-state index < -0.39 is 0 Å². The Kier molecular flexibility index (Phi) is 7.92. The van der Waals surface area contributed by atoms with E-state index in [1.54, 1.807) is 19.2 Å². The van der Waals surface area contributed by atoms with Gasteiger partial charge in [-0.1, -0.05) is 18.2 Å². The molecule has 35 heavy (non-hydrogen) atoms. The molecule has 0 radical (unpaired) electrons. The molecule has 5 rings (SSSR count). The van der Waals surface area contributed by atoms with Crippen molar-refractivity contribution in [3.05, 3.63) is 94.8 Å². The zero-order valence-corrected chi connectivity index (χ0v) is 20.1. The van der Waals surface area contributed by atoms with Gasteiger partial charge in [-0.15, -0.1) is 0 Å². The zero-order chi connectivity index (χ0) is 24.6. The molecule has 7 nitrogen and oxygen atoms in total. The number of ether oxygens (including phenoxy) is 1. The van der Waals surface area contributed by atoms with Gasteiger partial charge in [0.05, 0.1) is 18.6 Å². The van der Waals surface area contributed by atoms with E-state index in [1.807, 2.05) is 13.3 Å². The standard InChI is InChI=1S/C19H22N4O.C8H8FNO/c1-13-11-23(12-22-13)17-5-3-4-14(15-6-7-16(15)17)10-18-19(20-2)21-8-9-24-18;9-7-2-1-3-8(5-4-7)10-6-11/h3-4,10-12H,5-9H2,1-2H3,(H,20,21);1-2,4-6H,3H2,(H,10,11)/b18-10-;. The Balaban J connectivity index is 0.000000221. The quantitative estimate of drug-likeness (QED) is 0.632. The van der Waals surface area contributed by atoms with Gasteiger partial charge >= 0.3 is 0 Å². The number of fused-ring (bicyclic) bond motifs is 1. The molecule has 0 atom stereocenters. The number of carbonyl (C=O) groups is 1. The lowest BCUT2D eigenvalue weighted by Crippen LogP contribution is -2.35. The maximum atomic E-state index is 12.5. The van der Waals surface area contributed by atoms with Crippen LogP contribution in [0.15, 0.2) is 94.1 Å². The fraction of sp³-hybridized carbons (Fsp3) is 0.296. The Morgan fingerprint density at radius 1 is 1.20 bits per heavy atom. The molecule has 1 saturated heterocycles. The first-order valence-corrected chi connectivity index (χ1v) is 11.7. The summed E-state index contributed by atoms with van der Waals surface area (Å²) < 4.78 is 20.5. The first-order valence-electron chi connectivity index (χ1n) is 11.7. The molecule has 0 bridgehead atoms. The molecule has 1 aromatic rings. The second kappa shape index (κ2) is 11.5. The SMILES string of the molecule is CN=C1NCCO/C1=C\C1=C2CCC2=C(n2cnc(C)c2)CC=C1.O=CNC1=CC=C(F)C=CC1. The predicted molar refractivity (Wildman–Crippen MR) is 136 cm³/mol. The van der Waals surface area contributed by atoms with E-state index in [4.69, 9.17) is 4.74 Å². The number of nitrogens with zero attached hydrogens (tertiary/aromatic N) is 3. The minimum absolute atomic E-state index is 0.298. The number of imidazole rings is 1. The highest BCUT2D eigenvalue weighted by Gasteiger charge is 2.26. The van der Waals surface area contributed by atoms with Crippen LogP contribution in [0.4, 0.5) is 4.39 Å². The van der Waals surface area contributed by atoms with E-state index in [0.717, 1.165) is 43.1 Å². The number of halogens is 1. The number of rotatable bonds is 4. The third-order valence-corrected chi connectivity index (χ3v) is 6.02. The number of amides is 1. The van der Waals surface area contributed by atoms with Crippen LogP contribution >= 0.6 is 0 Å². The maximum absolute atomic E-state index is 12.5. The summed E-state index contributed by atoms with van der Waals surface area (Å²) in [6.07, 6.45) is 20.8. The van der Waals surface area contributed by atoms with Crippen molar-refractivity contribution < 1.29 is 13.9 Å². The van der Waals surface area contributed by atoms with E-state index >= 15 is 0 Å². The van der Waals surface area contributed by atoms with Crippen molar-refractivity contribution in [3.8, 4) is 0 Å². The van der Waals surface area contributed by atoms with Crippen LogP contribution < -0.4 is 10.6 Å². The Morgan fingerprint density at radius 3 is 2.74 bits per heavy atom. The molecule has 1 amide bonds. The van der Waals surface area contributed by atoms with E-state index in [2.05, 4.69) is 49.6 Å². The Bertz CT molecular complexity index is 1220. The van der Waals surface area contributed by atoms with Crippen molar-refractivity contribution in [2.45, 2.75) is 32.6 Å². The predicted octanol–water partition coefficient (Wildman–Crippen LogP) is 4.41. The van der Waals surface area contributed by atoms with Crippen molar-refractivity contribution >= 4 is 17.9 Å². The number of aromatic nitrogens is 2. The van der Waals surface area contributed by atoms with Crippen LogP contribution in [0.25, 0.3) is 5.70 Å². The molecular weight excluding hydrogens is 445 g/mol. The number of aryl methyl sites for hydroxylation is 1. The summed E-state index contributed by atoms with van der Waals surface area (Å²) >= 11 is 0. The molecule has 8 heteroatoms. The summed E-state index contributed by atoms with van der Waals surface area (Å²) in [6.45, 7) is 3.52. The van der Waals surface area contributed by atoms with Gasteiger partial charge in [0.1, 0.15) is 12.4 Å². The van der Waals surface area contributed by atoms with Crippen LogP contribution in [0.2, 0.25) is 0 Å². The van der Waals surface area contributed by atoms with Crippen molar-refractivity contribution in [2.24, 2.45) is 4.99 Å². The second-order valence-electron chi connectivity index (χ2n) is 8.36. The average molecular weight is 476 g/mol. The number of morpholine rings is 1. The lowest BCUT2D eigenvalue weighted by Gasteiger charge is -2.27. The van der Waals surface area contributed by atoms with E-state index in [1.165, 1.54) is 34.6 Å². The third-order valence-electron chi connectivity index (χ3n) is 6.02. The number of nitrogens with one attached hydrogen (secondary N) is 2. The number of hydrogen-bond donors (Lipinski definition) is 2. The second-order valence-corrected chi connectivity index (χ2v) is 8.36. The maximum Gasteiger partial charge on any atom is 0.211 e. The molecule has 2 N–H and O–H groups in total. The van der Waals surface area contributed by atoms with Gasteiger partial charge in [0.2, 0.25) is 6.41 Å². The number of carbonyl (C=O) groups excluding carboxylic acids is 1. The molecule has 2 fully saturated rings. The number of aliphatic imine (C=N–C) groups is 1. The van der Waals surface area contributed by atoms with E-state index in [9.17, 15) is 9.18 Å². The van der Waals surface area contributed by atoms with Crippen molar-refractivity contribution in [2.75, 3.05) is 20.2 Å². The van der Waals surface area contributed by atoms with Gasteiger partial charge in [0, 0.05) is 37.5 Å². The van der Waals surface area contributed by atoms with Crippen molar-refractivity contribution in [1.82, 2.24) is 20.2 Å². The Hall–Kier alpha value is -3.94. The minimum Gasteiger partial charge on any atom is -0.488 e. The van der Waals surface area contributed by atoms with Crippen LogP contribution in [0.1, 0.15) is 31.4 Å². The van der Waals surface area contributed by atoms with Crippen molar-refractivity contribution in [1.29, 1.82) is 0 Å². The first-order chi connectivity index (χ1) is 17.1. The summed E-state index contributed by atoms with van der Waals surface area (Å²) in [5.41, 5.74) is 7.19. The molecule has 4 aliphatic rings. The highest BCUT2D eigenvalue weighted by Crippen LogP contribution is 2.42. The first kappa shape index (κ1) is 24.2. The lowest BCUT2D eigenvalue weighted by molar-refractivity contribution is -0.108. The Labute approximate surface area is 204 Å². The molecule has 1 aromatic heterocycles. The summed E-state index contributed by atoms with van der Waals surface area (Å²) in [7, 11) is 1.79. The minimum atomic E-state index is -0.298. The fourth-order valence-corrected chi connectivity index (χ4v) is 4.21. The molecule has 182 valence electrons. The number of hydrogen-bond acceptors (Lipinski definition) is 4. The molecule has 2 heterocycles. The lowest BCUT2D eigenvalue weighted by atomic mass is 9.81. The normalized spacial score (nSPS) is 21.5. The van der Waals surface area contributed by atoms with E-state index in [0.29, 0.717) is 25.1 Å².